The first-order valence-corrected chi connectivity index (χ1v) is 7.00. The Hall–Kier alpha value is -1.33. The Bertz CT molecular complexity index is 509. The fourth-order valence-electron chi connectivity index (χ4n) is 1.67. The largest absolute Gasteiger partial charge is 0.331 e. The normalized spacial score (nSPS) is 10.6. The minimum absolute atomic E-state index is 0.00197. The van der Waals surface area contributed by atoms with Crippen molar-refractivity contribution >= 4 is 28.8 Å². The lowest BCUT2D eigenvalue weighted by Crippen LogP contribution is -2.31. The zero-order chi connectivity index (χ0) is 13.0. The van der Waals surface area contributed by atoms with Crippen LogP contribution in [-0.4, -0.2) is 26.5 Å². The monoisotopic (exact) mass is 283 g/mol. The Morgan fingerprint density at radius 2 is 2.33 bits per heavy atom. The van der Waals surface area contributed by atoms with Gasteiger partial charge in [-0.25, -0.2) is 0 Å². The summed E-state index contributed by atoms with van der Waals surface area (Å²) in [6.45, 7) is 1.11. The zero-order valence-electron chi connectivity index (χ0n) is 10.0. The van der Waals surface area contributed by atoms with E-state index in [0.29, 0.717) is 13.1 Å². The highest BCUT2D eigenvalue weighted by Gasteiger charge is 2.15. The van der Waals surface area contributed by atoms with E-state index in [9.17, 15) is 4.79 Å². The van der Waals surface area contributed by atoms with Crippen LogP contribution >= 0.6 is 22.9 Å². The first-order valence-electron chi connectivity index (χ1n) is 5.52. The lowest BCUT2D eigenvalue weighted by atomic mass is 10.3. The molecule has 0 saturated heterocycles. The second kappa shape index (κ2) is 6.02. The van der Waals surface area contributed by atoms with Crippen molar-refractivity contribution in [3.63, 3.8) is 0 Å². The molecular weight excluding hydrogens is 270 g/mol. The molecule has 18 heavy (non-hydrogen) atoms. The zero-order valence-corrected chi connectivity index (χ0v) is 11.6. The molecule has 0 unspecified atom stereocenters. The van der Waals surface area contributed by atoms with E-state index in [1.807, 2.05) is 29.9 Å². The van der Waals surface area contributed by atoms with Crippen molar-refractivity contribution in [2.75, 3.05) is 5.88 Å². The molecule has 0 aliphatic rings. The van der Waals surface area contributed by atoms with Crippen LogP contribution in [0.5, 0.6) is 0 Å². The summed E-state index contributed by atoms with van der Waals surface area (Å²) in [5.41, 5.74) is 2.12. The molecule has 0 fully saturated rings. The molecule has 96 valence electrons. The number of amides is 1. The van der Waals surface area contributed by atoms with Gasteiger partial charge < -0.3 is 4.90 Å². The molecule has 0 atom stereocenters. The number of hydrogen-bond acceptors (Lipinski definition) is 3. The van der Waals surface area contributed by atoms with Crippen LogP contribution < -0.4 is 0 Å². The van der Waals surface area contributed by atoms with Crippen molar-refractivity contribution in [1.29, 1.82) is 0 Å². The molecule has 2 aromatic heterocycles. The van der Waals surface area contributed by atoms with E-state index in [4.69, 9.17) is 11.6 Å². The molecule has 4 nitrogen and oxygen atoms in total. The summed E-state index contributed by atoms with van der Waals surface area (Å²) in [4.78, 5) is 13.6. The molecule has 2 rings (SSSR count). The van der Waals surface area contributed by atoms with Crippen LogP contribution in [0.15, 0.2) is 29.1 Å². The third-order valence-electron chi connectivity index (χ3n) is 2.70. The smallest absolute Gasteiger partial charge is 0.238 e. The van der Waals surface area contributed by atoms with Crippen LogP contribution in [-0.2, 0) is 24.9 Å². The highest BCUT2D eigenvalue weighted by atomic mass is 35.5. The van der Waals surface area contributed by atoms with Crippen molar-refractivity contribution in [2.24, 2.45) is 7.05 Å². The lowest BCUT2D eigenvalue weighted by Gasteiger charge is -2.21. The number of carbonyl (C=O) groups excluding carboxylic acids is 1. The number of thiophene rings is 1. The van der Waals surface area contributed by atoms with Crippen LogP contribution in [0.4, 0.5) is 0 Å². The van der Waals surface area contributed by atoms with Crippen molar-refractivity contribution in [3.05, 3.63) is 40.3 Å². The van der Waals surface area contributed by atoms with Gasteiger partial charge in [0.2, 0.25) is 5.91 Å². The van der Waals surface area contributed by atoms with Crippen LogP contribution in [0.2, 0.25) is 0 Å². The molecule has 0 saturated carbocycles. The first-order chi connectivity index (χ1) is 8.70. The number of halogens is 1. The van der Waals surface area contributed by atoms with E-state index in [-0.39, 0.29) is 11.8 Å². The van der Waals surface area contributed by atoms with Gasteiger partial charge in [0.05, 0.1) is 12.2 Å². The van der Waals surface area contributed by atoms with Gasteiger partial charge in [-0.2, -0.15) is 16.4 Å². The summed E-state index contributed by atoms with van der Waals surface area (Å²) in [6, 6.07) is 3.92. The Morgan fingerprint density at radius 3 is 2.89 bits per heavy atom. The van der Waals surface area contributed by atoms with Crippen LogP contribution in [0, 0.1) is 0 Å². The van der Waals surface area contributed by atoms with Gasteiger partial charge in [-0.05, 0) is 28.5 Å². The number of nitrogens with zero attached hydrogens (tertiary/aromatic N) is 3. The molecule has 0 N–H and O–H groups in total. The number of alkyl halides is 1. The Kier molecular flexibility index (Phi) is 4.38. The van der Waals surface area contributed by atoms with Crippen molar-refractivity contribution in [1.82, 2.24) is 14.7 Å². The molecule has 0 aliphatic heterocycles. The molecule has 0 aliphatic carbocycles. The van der Waals surface area contributed by atoms with Gasteiger partial charge in [0.1, 0.15) is 5.88 Å². The fraction of sp³-hybridized carbons (Fsp3) is 0.333. The number of aromatic nitrogens is 2. The molecule has 0 bridgehead atoms. The topological polar surface area (TPSA) is 38.1 Å². The van der Waals surface area contributed by atoms with Crippen LogP contribution in [0.1, 0.15) is 11.3 Å². The van der Waals surface area contributed by atoms with E-state index in [2.05, 4.69) is 5.10 Å². The number of rotatable bonds is 5. The standard InChI is InChI=1S/C12H14ClN3OS/c1-15-11(2-4-14-15)8-16(12(17)6-13)7-10-3-5-18-9-10/h2-5,9H,6-8H2,1H3. The van der Waals surface area contributed by atoms with E-state index in [0.717, 1.165) is 11.3 Å². The maximum absolute atomic E-state index is 11.8. The molecular formula is C12H14ClN3OS. The van der Waals surface area contributed by atoms with Gasteiger partial charge >= 0.3 is 0 Å². The molecule has 0 radical (unpaired) electrons. The number of aryl methyl sites for hydroxylation is 1. The molecule has 6 heteroatoms. The van der Waals surface area contributed by atoms with E-state index in [1.165, 1.54) is 0 Å². The van der Waals surface area contributed by atoms with E-state index >= 15 is 0 Å². The minimum Gasteiger partial charge on any atom is -0.331 e. The van der Waals surface area contributed by atoms with Crippen LogP contribution in [0.3, 0.4) is 0 Å². The van der Waals surface area contributed by atoms with Crippen molar-refractivity contribution in [2.45, 2.75) is 13.1 Å². The van der Waals surface area contributed by atoms with Crippen molar-refractivity contribution in [3.8, 4) is 0 Å². The summed E-state index contributed by atoms with van der Waals surface area (Å²) in [5.74, 6) is -0.0637. The van der Waals surface area contributed by atoms with Crippen LogP contribution in [0.25, 0.3) is 0 Å². The second-order valence-electron chi connectivity index (χ2n) is 3.96. The fourth-order valence-corrected chi connectivity index (χ4v) is 2.50. The van der Waals surface area contributed by atoms with Crippen molar-refractivity contribution < 1.29 is 4.79 Å². The Morgan fingerprint density at radius 1 is 1.50 bits per heavy atom. The summed E-state index contributed by atoms with van der Waals surface area (Å²) in [5, 5.41) is 8.14. The molecule has 0 spiro atoms. The highest BCUT2D eigenvalue weighted by molar-refractivity contribution is 7.07. The molecule has 0 aromatic carbocycles. The maximum Gasteiger partial charge on any atom is 0.238 e. The Balaban J connectivity index is 2.10. The molecule has 2 heterocycles. The highest BCUT2D eigenvalue weighted by Crippen LogP contribution is 2.13. The average Bonchev–Trinajstić information content (AvgIpc) is 3.00. The van der Waals surface area contributed by atoms with Gasteiger partial charge in [-0.3, -0.25) is 9.48 Å². The summed E-state index contributed by atoms with van der Waals surface area (Å²) in [7, 11) is 1.86. The third kappa shape index (κ3) is 3.11. The van der Waals surface area contributed by atoms with E-state index < -0.39 is 0 Å². The summed E-state index contributed by atoms with van der Waals surface area (Å²) >= 11 is 7.28. The van der Waals surface area contributed by atoms with Gasteiger partial charge in [0.15, 0.2) is 0 Å². The second-order valence-corrected chi connectivity index (χ2v) is 5.01. The number of hydrogen-bond donors (Lipinski definition) is 0. The quantitative estimate of drug-likeness (QED) is 0.790. The third-order valence-corrected chi connectivity index (χ3v) is 3.66. The SMILES string of the molecule is Cn1nccc1CN(Cc1ccsc1)C(=O)CCl. The Labute approximate surface area is 115 Å². The van der Waals surface area contributed by atoms with E-state index in [1.54, 1.807) is 27.1 Å². The average molecular weight is 284 g/mol. The minimum atomic E-state index is -0.0657. The lowest BCUT2D eigenvalue weighted by molar-refractivity contribution is -0.129. The molecule has 1 amide bonds. The first kappa shape index (κ1) is 13.1. The van der Waals surface area contributed by atoms with Gasteiger partial charge in [-0.15, -0.1) is 11.6 Å². The predicted octanol–water partition coefficient (Wildman–Crippen LogP) is 2.25. The maximum atomic E-state index is 11.8. The number of carbonyl (C=O) groups is 1. The van der Waals surface area contributed by atoms with Gasteiger partial charge in [0, 0.05) is 19.8 Å². The molecule has 2 aromatic rings. The predicted molar refractivity (Wildman–Crippen MR) is 72.5 cm³/mol. The van der Waals surface area contributed by atoms with Gasteiger partial charge in [-0.1, -0.05) is 0 Å². The summed E-state index contributed by atoms with van der Waals surface area (Å²) < 4.78 is 1.77. The van der Waals surface area contributed by atoms with Gasteiger partial charge in [0.25, 0.3) is 0 Å². The summed E-state index contributed by atoms with van der Waals surface area (Å²) in [6.07, 6.45) is 1.73.